The van der Waals surface area contributed by atoms with Gasteiger partial charge in [0.05, 0.1) is 6.42 Å². The zero-order valence-electron chi connectivity index (χ0n) is 18.4. The predicted octanol–water partition coefficient (Wildman–Crippen LogP) is 4.49. The minimum absolute atomic E-state index is 0.0194. The first kappa shape index (κ1) is 22.7. The third-order valence-electron chi connectivity index (χ3n) is 5.05. The summed E-state index contributed by atoms with van der Waals surface area (Å²) in [6, 6.07) is 13.9. The molecule has 1 atom stereocenters. The van der Waals surface area contributed by atoms with Gasteiger partial charge < -0.3 is 10.2 Å². The fourth-order valence-corrected chi connectivity index (χ4v) is 3.62. The van der Waals surface area contributed by atoms with Gasteiger partial charge in [0.1, 0.15) is 6.04 Å². The van der Waals surface area contributed by atoms with Gasteiger partial charge in [0.2, 0.25) is 11.8 Å². The number of nitrogens with zero attached hydrogens (tertiary/aromatic N) is 1. The number of hydrogen-bond donors (Lipinski definition) is 1. The lowest BCUT2D eigenvalue weighted by Crippen LogP contribution is -2.49. The highest BCUT2D eigenvalue weighted by Crippen LogP contribution is 2.17. The number of hydrogen-bond acceptors (Lipinski definition) is 2. The third kappa shape index (κ3) is 6.74. The van der Waals surface area contributed by atoms with E-state index in [0.717, 1.165) is 28.7 Å². The van der Waals surface area contributed by atoms with Crippen LogP contribution in [0.15, 0.2) is 42.5 Å². The van der Waals surface area contributed by atoms with Gasteiger partial charge in [0.25, 0.3) is 0 Å². The Morgan fingerprint density at radius 3 is 2.07 bits per heavy atom. The maximum Gasteiger partial charge on any atom is 0.242 e. The Morgan fingerprint density at radius 1 is 0.897 bits per heavy atom. The Hall–Kier alpha value is -2.62. The molecule has 29 heavy (non-hydrogen) atoms. The molecule has 0 aliphatic carbocycles. The lowest BCUT2D eigenvalue weighted by atomic mass is 10.0. The summed E-state index contributed by atoms with van der Waals surface area (Å²) >= 11 is 0. The number of rotatable bonds is 9. The van der Waals surface area contributed by atoms with Crippen LogP contribution in [0.5, 0.6) is 0 Å². The Morgan fingerprint density at radius 2 is 1.52 bits per heavy atom. The Balaban J connectivity index is 2.29. The maximum absolute atomic E-state index is 13.3. The highest BCUT2D eigenvalue weighted by atomic mass is 16.2. The molecule has 0 bridgehead atoms. The first-order valence-electron chi connectivity index (χ1n) is 10.5. The van der Waals surface area contributed by atoms with Crippen molar-refractivity contribution in [2.45, 2.75) is 66.5 Å². The van der Waals surface area contributed by atoms with E-state index in [2.05, 4.69) is 11.4 Å². The molecule has 0 spiro atoms. The first-order valence-corrected chi connectivity index (χ1v) is 10.5. The topological polar surface area (TPSA) is 49.4 Å². The van der Waals surface area contributed by atoms with Crippen LogP contribution in [-0.4, -0.2) is 29.3 Å². The van der Waals surface area contributed by atoms with Crippen molar-refractivity contribution in [2.24, 2.45) is 0 Å². The van der Waals surface area contributed by atoms with Gasteiger partial charge in [-0.15, -0.1) is 0 Å². The molecule has 2 aromatic rings. The molecule has 0 unspecified atom stereocenters. The SMILES string of the molecule is CCCNC(=O)[C@H](CC)N(Cc1ccc(C)cc1)C(=O)Cc1cc(C)cc(C)c1. The summed E-state index contributed by atoms with van der Waals surface area (Å²) in [5, 5.41) is 2.96. The Bertz CT molecular complexity index is 807. The van der Waals surface area contributed by atoms with E-state index in [4.69, 9.17) is 0 Å². The number of aryl methyl sites for hydroxylation is 3. The predicted molar refractivity (Wildman–Crippen MR) is 119 cm³/mol. The molecule has 0 fully saturated rings. The molecular formula is C25H34N2O2. The van der Waals surface area contributed by atoms with Crippen LogP contribution in [0, 0.1) is 20.8 Å². The van der Waals surface area contributed by atoms with Crippen molar-refractivity contribution in [1.82, 2.24) is 10.2 Å². The monoisotopic (exact) mass is 394 g/mol. The van der Waals surface area contributed by atoms with Gasteiger partial charge in [-0.2, -0.15) is 0 Å². The van der Waals surface area contributed by atoms with Crippen molar-refractivity contribution in [1.29, 1.82) is 0 Å². The maximum atomic E-state index is 13.3. The van der Waals surface area contributed by atoms with Crippen LogP contribution in [0.2, 0.25) is 0 Å². The third-order valence-corrected chi connectivity index (χ3v) is 5.05. The van der Waals surface area contributed by atoms with E-state index in [1.807, 2.05) is 71.0 Å². The molecule has 2 amide bonds. The fourth-order valence-electron chi connectivity index (χ4n) is 3.62. The van der Waals surface area contributed by atoms with Crippen LogP contribution < -0.4 is 5.32 Å². The second-order valence-corrected chi connectivity index (χ2v) is 7.90. The van der Waals surface area contributed by atoms with Crippen LogP contribution >= 0.6 is 0 Å². The van der Waals surface area contributed by atoms with E-state index in [1.54, 1.807) is 4.90 Å². The van der Waals surface area contributed by atoms with E-state index >= 15 is 0 Å². The lowest BCUT2D eigenvalue weighted by Gasteiger charge is -2.31. The van der Waals surface area contributed by atoms with Gasteiger partial charge in [-0.05, 0) is 44.7 Å². The number of nitrogens with one attached hydrogen (secondary N) is 1. The summed E-state index contributed by atoms with van der Waals surface area (Å²) in [6.07, 6.45) is 1.75. The molecule has 0 saturated carbocycles. The molecule has 0 aliphatic heterocycles. The average molecular weight is 395 g/mol. The molecule has 2 aromatic carbocycles. The summed E-state index contributed by atoms with van der Waals surface area (Å²) in [5.41, 5.74) is 5.49. The first-order chi connectivity index (χ1) is 13.8. The normalized spacial score (nSPS) is 11.8. The van der Waals surface area contributed by atoms with Gasteiger partial charge in [0, 0.05) is 13.1 Å². The minimum atomic E-state index is -0.471. The zero-order chi connectivity index (χ0) is 21.4. The van der Waals surface area contributed by atoms with Crippen LogP contribution in [0.3, 0.4) is 0 Å². The molecule has 156 valence electrons. The van der Waals surface area contributed by atoms with Crippen LogP contribution in [0.1, 0.15) is 54.5 Å². The van der Waals surface area contributed by atoms with Gasteiger partial charge in [0.15, 0.2) is 0 Å². The van der Waals surface area contributed by atoms with E-state index in [1.165, 1.54) is 5.56 Å². The molecule has 4 nitrogen and oxygen atoms in total. The largest absolute Gasteiger partial charge is 0.354 e. The summed E-state index contributed by atoms with van der Waals surface area (Å²) in [4.78, 5) is 27.9. The van der Waals surface area contributed by atoms with Crippen molar-refractivity contribution >= 4 is 11.8 Å². The van der Waals surface area contributed by atoms with Gasteiger partial charge >= 0.3 is 0 Å². The number of amides is 2. The van der Waals surface area contributed by atoms with Crippen molar-refractivity contribution < 1.29 is 9.59 Å². The van der Waals surface area contributed by atoms with Crippen molar-refractivity contribution in [3.63, 3.8) is 0 Å². The Labute approximate surface area is 175 Å². The van der Waals surface area contributed by atoms with Crippen LogP contribution in [0.25, 0.3) is 0 Å². The van der Waals surface area contributed by atoms with Crippen LogP contribution in [0.4, 0.5) is 0 Å². The number of carbonyl (C=O) groups is 2. The zero-order valence-corrected chi connectivity index (χ0v) is 18.4. The summed E-state index contributed by atoms with van der Waals surface area (Å²) < 4.78 is 0. The van der Waals surface area contributed by atoms with Crippen molar-refractivity contribution in [2.75, 3.05) is 6.54 Å². The number of benzene rings is 2. The summed E-state index contributed by atoms with van der Waals surface area (Å²) in [7, 11) is 0. The molecule has 2 rings (SSSR count). The molecule has 0 radical (unpaired) electrons. The second-order valence-electron chi connectivity index (χ2n) is 7.90. The minimum Gasteiger partial charge on any atom is -0.354 e. The molecular weight excluding hydrogens is 360 g/mol. The molecule has 0 heterocycles. The van der Waals surface area contributed by atoms with Crippen molar-refractivity contribution in [3.8, 4) is 0 Å². The second kappa shape index (κ2) is 10.8. The average Bonchev–Trinajstić information content (AvgIpc) is 2.66. The molecule has 0 aliphatic rings. The van der Waals surface area contributed by atoms with E-state index in [9.17, 15) is 9.59 Å². The van der Waals surface area contributed by atoms with E-state index in [-0.39, 0.29) is 11.8 Å². The van der Waals surface area contributed by atoms with Gasteiger partial charge in [-0.3, -0.25) is 9.59 Å². The van der Waals surface area contributed by atoms with Gasteiger partial charge in [-0.25, -0.2) is 0 Å². The molecule has 4 heteroatoms. The van der Waals surface area contributed by atoms with Crippen LogP contribution in [-0.2, 0) is 22.6 Å². The summed E-state index contributed by atoms with van der Waals surface area (Å²) in [6.45, 7) is 11.2. The highest BCUT2D eigenvalue weighted by molar-refractivity contribution is 5.88. The standard InChI is InChI=1S/C25H34N2O2/c1-6-12-26-25(29)23(7-2)27(17-21-10-8-18(3)9-11-21)24(28)16-22-14-19(4)13-20(5)15-22/h8-11,13-15,23H,6-7,12,16-17H2,1-5H3,(H,26,29)/t23-/m0/s1. The summed E-state index contributed by atoms with van der Waals surface area (Å²) in [5.74, 6) is -0.0932. The molecule has 0 aromatic heterocycles. The quantitative estimate of drug-likeness (QED) is 0.681. The highest BCUT2D eigenvalue weighted by Gasteiger charge is 2.28. The fraction of sp³-hybridized carbons (Fsp3) is 0.440. The molecule has 1 N–H and O–H groups in total. The van der Waals surface area contributed by atoms with E-state index in [0.29, 0.717) is 25.9 Å². The Kier molecular flexibility index (Phi) is 8.44. The number of carbonyl (C=O) groups excluding carboxylic acids is 2. The van der Waals surface area contributed by atoms with Gasteiger partial charge in [-0.1, -0.05) is 73.0 Å². The molecule has 0 saturated heterocycles. The smallest absolute Gasteiger partial charge is 0.242 e. The van der Waals surface area contributed by atoms with Crippen molar-refractivity contribution in [3.05, 3.63) is 70.3 Å². The van der Waals surface area contributed by atoms with E-state index < -0.39 is 6.04 Å². The lowest BCUT2D eigenvalue weighted by molar-refractivity contribution is -0.140.